The van der Waals surface area contributed by atoms with E-state index in [0.29, 0.717) is 41.6 Å². The standard InChI is InChI=1S/C29H32FN3O5S/c1-18-23-9-8-22-25(21-6-4-5-7-24(21)30)32-27(19-10-13-31-20(16-19)17-38-39(3,34)35)33-26(22)28(23,2)11-12-29(18)36-14-15-37-29/h4-7,10,13,16,18,23H,8-9,11-12,14-15,17H2,1-3H3/t18-,23-,28-/m1/s1. The minimum atomic E-state index is -3.63. The van der Waals surface area contributed by atoms with Gasteiger partial charge in [-0.15, -0.1) is 0 Å². The molecule has 8 nitrogen and oxygen atoms in total. The van der Waals surface area contributed by atoms with Crippen LogP contribution >= 0.6 is 0 Å². The van der Waals surface area contributed by atoms with E-state index in [1.54, 1.807) is 30.5 Å². The maximum atomic E-state index is 15.2. The van der Waals surface area contributed by atoms with E-state index in [9.17, 15) is 8.42 Å². The number of rotatable bonds is 5. The minimum absolute atomic E-state index is 0.169. The second kappa shape index (κ2) is 9.69. The van der Waals surface area contributed by atoms with Crippen LogP contribution in [0.25, 0.3) is 22.6 Å². The van der Waals surface area contributed by atoms with Crippen LogP contribution in [-0.4, -0.2) is 48.6 Å². The number of nitrogens with zero attached hydrogens (tertiary/aromatic N) is 3. The van der Waals surface area contributed by atoms with Crippen molar-refractivity contribution >= 4 is 10.1 Å². The zero-order valence-electron chi connectivity index (χ0n) is 22.3. The van der Waals surface area contributed by atoms with E-state index in [4.69, 9.17) is 23.6 Å². The van der Waals surface area contributed by atoms with Crippen LogP contribution in [0.1, 0.15) is 50.1 Å². The highest BCUT2D eigenvalue weighted by atomic mass is 32.2. The maximum Gasteiger partial charge on any atom is 0.264 e. The van der Waals surface area contributed by atoms with Crippen LogP contribution < -0.4 is 0 Å². The van der Waals surface area contributed by atoms with Gasteiger partial charge in [0.2, 0.25) is 0 Å². The third-order valence-corrected chi connectivity index (χ3v) is 9.31. The molecule has 3 atom stereocenters. The number of aromatic nitrogens is 3. The smallest absolute Gasteiger partial charge is 0.264 e. The summed E-state index contributed by atoms with van der Waals surface area (Å²) in [5.41, 5.74) is 3.77. The largest absolute Gasteiger partial charge is 0.347 e. The van der Waals surface area contributed by atoms with Crippen molar-refractivity contribution in [1.29, 1.82) is 0 Å². The van der Waals surface area contributed by atoms with Crippen molar-refractivity contribution in [3.05, 3.63) is 65.4 Å². The van der Waals surface area contributed by atoms with Crippen LogP contribution in [0.2, 0.25) is 0 Å². The first-order chi connectivity index (χ1) is 18.6. The van der Waals surface area contributed by atoms with Gasteiger partial charge in [0.05, 0.1) is 36.6 Å². The number of fused-ring (bicyclic) bond motifs is 3. The molecule has 0 N–H and O–H groups in total. The Hall–Kier alpha value is -2.79. The molecule has 3 aliphatic rings. The zero-order valence-corrected chi connectivity index (χ0v) is 23.1. The highest BCUT2D eigenvalue weighted by Gasteiger charge is 2.57. The van der Waals surface area contributed by atoms with E-state index >= 15 is 4.39 Å². The molecule has 0 unspecified atom stereocenters. The van der Waals surface area contributed by atoms with Crippen LogP contribution in [0.15, 0.2) is 42.6 Å². The number of hydrogen-bond acceptors (Lipinski definition) is 8. The molecule has 206 valence electrons. The Kier molecular flexibility index (Phi) is 6.57. The number of benzene rings is 1. The summed E-state index contributed by atoms with van der Waals surface area (Å²) >= 11 is 0. The Morgan fingerprint density at radius 1 is 1.13 bits per heavy atom. The van der Waals surface area contributed by atoms with E-state index in [1.165, 1.54) is 6.07 Å². The first-order valence-electron chi connectivity index (χ1n) is 13.3. The van der Waals surface area contributed by atoms with Crippen molar-refractivity contribution in [2.45, 2.75) is 57.3 Å². The summed E-state index contributed by atoms with van der Waals surface area (Å²) in [5.74, 6) is -0.00597. The molecule has 0 amide bonds. The van der Waals surface area contributed by atoms with Gasteiger partial charge in [0.15, 0.2) is 11.6 Å². The highest BCUT2D eigenvalue weighted by molar-refractivity contribution is 7.85. The molecule has 3 aromatic rings. The lowest BCUT2D eigenvalue weighted by Gasteiger charge is -2.54. The number of halogens is 1. The molecule has 6 rings (SSSR count). The average Bonchev–Trinajstić information content (AvgIpc) is 3.40. The number of ether oxygens (including phenoxy) is 2. The third-order valence-electron chi connectivity index (χ3n) is 8.76. The summed E-state index contributed by atoms with van der Waals surface area (Å²) in [7, 11) is -3.63. The molecule has 1 spiro atoms. The van der Waals surface area contributed by atoms with Gasteiger partial charge in [0.1, 0.15) is 12.4 Å². The van der Waals surface area contributed by atoms with E-state index < -0.39 is 15.9 Å². The van der Waals surface area contributed by atoms with Gasteiger partial charge in [-0.05, 0) is 49.4 Å². The first kappa shape index (κ1) is 26.4. The number of hydrogen-bond donors (Lipinski definition) is 0. The topological polar surface area (TPSA) is 101 Å². The maximum absolute atomic E-state index is 15.2. The predicted octanol–water partition coefficient (Wildman–Crippen LogP) is 4.81. The summed E-state index contributed by atoms with van der Waals surface area (Å²) < 4.78 is 55.5. The van der Waals surface area contributed by atoms with Gasteiger partial charge in [-0.2, -0.15) is 8.42 Å². The van der Waals surface area contributed by atoms with Gasteiger partial charge < -0.3 is 9.47 Å². The van der Waals surface area contributed by atoms with Gasteiger partial charge in [-0.3, -0.25) is 9.17 Å². The Labute approximate surface area is 228 Å². The van der Waals surface area contributed by atoms with Gasteiger partial charge in [-0.25, -0.2) is 14.4 Å². The summed E-state index contributed by atoms with van der Waals surface area (Å²) in [4.78, 5) is 14.3. The molecule has 39 heavy (non-hydrogen) atoms. The fraction of sp³-hybridized carbons (Fsp3) is 0.483. The van der Waals surface area contributed by atoms with Gasteiger partial charge in [0.25, 0.3) is 10.1 Å². The summed E-state index contributed by atoms with van der Waals surface area (Å²) in [5, 5.41) is 0. The lowest BCUT2D eigenvalue weighted by Crippen LogP contribution is -2.55. The molecular weight excluding hydrogens is 521 g/mol. The van der Waals surface area contributed by atoms with Crippen molar-refractivity contribution in [3.8, 4) is 22.6 Å². The van der Waals surface area contributed by atoms with Gasteiger partial charge in [-0.1, -0.05) is 26.0 Å². The van der Waals surface area contributed by atoms with Crippen molar-refractivity contribution in [2.75, 3.05) is 19.5 Å². The molecule has 1 saturated heterocycles. The van der Waals surface area contributed by atoms with Crippen LogP contribution in [0.4, 0.5) is 4.39 Å². The molecule has 1 aromatic carbocycles. The fourth-order valence-electron chi connectivity index (χ4n) is 6.81. The van der Waals surface area contributed by atoms with Crippen molar-refractivity contribution in [3.63, 3.8) is 0 Å². The summed E-state index contributed by atoms with van der Waals surface area (Å²) in [6, 6.07) is 10.2. The second-order valence-corrected chi connectivity index (χ2v) is 12.7. The predicted molar refractivity (Wildman–Crippen MR) is 142 cm³/mol. The second-order valence-electron chi connectivity index (χ2n) is 11.1. The molecule has 2 fully saturated rings. The quantitative estimate of drug-likeness (QED) is 0.415. The molecule has 2 aromatic heterocycles. The normalized spacial score (nSPS) is 25.8. The van der Waals surface area contributed by atoms with Crippen molar-refractivity contribution in [2.24, 2.45) is 11.8 Å². The van der Waals surface area contributed by atoms with Crippen LogP contribution in [0.5, 0.6) is 0 Å². The molecule has 3 heterocycles. The SMILES string of the molecule is C[C@@H]1[C@H]2CCc3c(-c4ccccc4F)nc(-c4ccnc(COS(C)(=O)=O)c4)nc3[C@]2(C)CCC12OCCO2. The molecule has 10 heteroatoms. The fourth-order valence-corrected chi connectivity index (χ4v) is 7.14. The lowest BCUT2D eigenvalue weighted by atomic mass is 9.54. The Bertz CT molecular complexity index is 1530. The van der Waals surface area contributed by atoms with E-state index in [2.05, 4.69) is 18.8 Å². The van der Waals surface area contributed by atoms with Crippen LogP contribution in [0, 0.1) is 17.7 Å². The Morgan fingerprint density at radius 2 is 1.90 bits per heavy atom. The lowest BCUT2D eigenvalue weighted by molar-refractivity contribution is -0.234. The Balaban J connectivity index is 1.49. The van der Waals surface area contributed by atoms with Crippen LogP contribution in [-0.2, 0) is 42.2 Å². The monoisotopic (exact) mass is 553 g/mol. The molecular formula is C29H32FN3O5S. The van der Waals surface area contributed by atoms with E-state index in [0.717, 1.165) is 43.2 Å². The highest BCUT2D eigenvalue weighted by Crippen LogP contribution is 2.57. The van der Waals surface area contributed by atoms with Gasteiger partial charge in [0, 0.05) is 40.6 Å². The summed E-state index contributed by atoms with van der Waals surface area (Å²) in [6.45, 7) is 5.50. The van der Waals surface area contributed by atoms with E-state index in [1.807, 2.05) is 6.07 Å². The molecule has 0 bridgehead atoms. The minimum Gasteiger partial charge on any atom is -0.347 e. The molecule has 1 saturated carbocycles. The zero-order chi connectivity index (χ0) is 27.4. The van der Waals surface area contributed by atoms with E-state index in [-0.39, 0.29) is 29.7 Å². The third kappa shape index (κ3) is 4.67. The van der Waals surface area contributed by atoms with Gasteiger partial charge >= 0.3 is 0 Å². The molecule has 1 aliphatic heterocycles. The van der Waals surface area contributed by atoms with Crippen LogP contribution in [0.3, 0.4) is 0 Å². The molecule has 0 radical (unpaired) electrons. The first-order valence-corrected chi connectivity index (χ1v) is 15.2. The Morgan fingerprint density at radius 3 is 2.64 bits per heavy atom. The number of pyridine rings is 1. The molecule has 2 aliphatic carbocycles. The average molecular weight is 554 g/mol. The van der Waals surface area contributed by atoms with Crippen molar-refractivity contribution in [1.82, 2.24) is 15.0 Å². The van der Waals surface area contributed by atoms with Crippen molar-refractivity contribution < 1.29 is 26.5 Å². The summed E-state index contributed by atoms with van der Waals surface area (Å²) in [6.07, 6.45) is 5.80.